The number of hydrogen-bond donors (Lipinski definition) is 3. The molecule has 2 aromatic rings. The smallest absolute Gasteiger partial charge is 0.259 e. The van der Waals surface area contributed by atoms with E-state index < -0.39 is 68.5 Å². The summed E-state index contributed by atoms with van der Waals surface area (Å²) in [4.78, 5) is 47.4. The van der Waals surface area contributed by atoms with Gasteiger partial charge in [-0.15, -0.1) is 0 Å². The number of ether oxygens (including phenoxy) is 2. The maximum absolute atomic E-state index is 14.3. The van der Waals surface area contributed by atoms with E-state index in [0.717, 1.165) is 25.7 Å². The van der Waals surface area contributed by atoms with E-state index in [0.29, 0.717) is 35.8 Å². The van der Waals surface area contributed by atoms with Gasteiger partial charge in [-0.2, -0.15) is 0 Å². The molecular weight excluding hydrogens is 629 g/mol. The number of methoxy groups -OCH3 is 1. The summed E-state index contributed by atoms with van der Waals surface area (Å²) in [5.41, 5.74) is 5.10. The minimum Gasteiger partial charge on any atom is -0.494 e. The molecule has 6 rings (SSSR count). The Kier molecular flexibility index (Phi) is 9.18. The molecule has 3 amide bonds. The lowest BCUT2D eigenvalue weighted by molar-refractivity contribution is -0.141. The summed E-state index contributed by atoms with van der Waals surface area (Å²) in [6, 6.07) is 2.23. The highest BCUT2D eigenvalue weighted by molar-refractivity contribution is 7.91. The van der Waals surface area contributed by atoms with Gasteiger partial charge in [-0.3, -0.25) is 19.1 Å². The summed E-state index contributed by atoms with van der Waals surface area (Å²) in [5, 5.41) is 3.18. The highest BCUT2D eigenvalue weighted by Crippen LogP contribution is 2.46. The predicted octanol–water partition coefficient (Wildman–Crippen LogP) is 2.70. The molecule has 0 spiro atoms. The van der Waals surface area contributed by atoms with Gasteiger partial charge >= 0.3 is 0 Å². The number of sulfonamides is 1. The van der Waals surface area contributed by atoms with Crippen molar-refractivity contribution in [3.05, 3.63) is 42.4 Å². The van der Waals surface area contributed by atoms with Gasteiger partial charge in [0.15, 0.2) is 0 Å². The Morgan fingerprint density at radius 2 is 2.00 bits per heavy atom. The average Bonchev–Trinajstić information content (AvgIpc) is 3.97. The van der Waals surface area contributed by atoms with E-state index >= 15 is 0 Å². The number of carbonyl (C=O) groups is 3. The van der Waals surface area contributed by atoms with Crippen LogP contribution in [0.2, 0.25) is 0 Å². The van der Waals surface area contributed by atoms with Crippen LogP contribution in [0.3, 0.4) is 0 Å². The van der Waals surface area contributed by atoms with E-state index in [1.807, 2.05) is 19.1 Å². The van der Waals surface area contributed by atoms with Crippen molar-refractivity contribution < 1.29 is 36.7 Å². The van der Waals surface area contributed by atoms with E-state index in [1.165, 1.54) is 30.3 Å². The summed E-state index contributed by atoms with van der Waals surface area (Å²) in [5.74, 6) is -2.25. The van der Waals surface area contributed by atoms with Crippen molar-refractivity contribution in [3.63, 3.8) is 0 Å². The van der Waals surface area contributed by atoms with Crippen LogP contribution < -0.4 is 25.2 Å². The predicted molar refractivity (Wildman–Crippen MR) is 171 cm³/mol. The van der Waals surface area contributed by atoms with Gasteiger partial charge in [0.1, 0.15) is 29.3 Å². The van der Waals surface area contributed by atoms with Crippen LogP contribution in [0.5, 0.6) is 11.6 Å². The lowest BCUT2D eigenvalue weighted by Gasteiger charge is -2.31. The molecule has 2 saturated carbocycles. The summed E-state index contributed by atoms with van der Waals surface area (Å²) in [6.45, 7) is 1.99. The van der Waals surface area contributed by atoms with Gasteiger partial charge in [0, 0.05) is 17.7 Å². The zero-order valence-corrected chi connectivity index (χ0v) is 27.4. The second kappa shape index (κ2) is 13.0. The van der Waals surface area contributed by atoms with E-state index in [-0.39, 0.29) is 31.2 Å². The third kappa shape index (κ3) is 6.67. The number of hydrogen-bond acceptors (Lipinski definition) is 9. The maximum Gasteiger partial charge on any atom is 0.259 e. The van der Waals surface area contributed by atoms with Crippen LogP contribution in [0.1, 0.15) is 64.7 Å². The van der Waals surface area contributed by atoms with Gasteiger partial charge in [0.25, 0.3) is 5.91 Å². The van der Waals surface area contributed by atoms with Crippen LogP contribution in [0.25, 0.3) is 10.8 Å². The molecule has 2 aliphatic heterocycles. The Morgan fingerprint density at radius 3 is 2.72 bits per heavy atom. The minimum absolute atomic E-state index is 0.00413. The summed E-state index contributed by atoms with van der Waals surface area (Å²) < 4.78 is 53.6. The number of halogens is 1. The minimum atomic E-state index is -3.86. The summed E-state index contributed by atoms with van der Waals surface area (Å²) in [6.07, 6.45) is 9.68. The third-order valence-corrected chi connectivity index (χ3v) is 11.8. The van der Waals surface area contributed by atoms with Gasteiger partial charge in [0.2, 0.25) is 27.7 Å². The number of nitrogens with zero attached hydrogens (tertiary/aromatic N) is 2. The molecular formula is C33H42FN5O7S. The highest BCUT2D eigenvalue weighted by Gasteiger charge is 2.62. The molecule has 3 fully saturated rings. The second-order valence-electron chi connectivity index (χ2n) is 13.2. The van der Waals surface area contributed by atoms with Crippen molar-refractivity contribution in [1.29, 1.82) is 0 Å². The first-order chi connectivity index (χ1) is 22.5. The quantitative estimate of drug-likeness (QED) is 0.375. The van der Waals surface area contributed by atoms with Crippen molar-refractivity contribution in [3.8, 4) is 11.6 Å². The maximum atomic E-state index is 14.3. The fourth-order valence-electron chi connectivity index (χ4n) is 6.88. The number of aromatic nitrogens is 1. The van der Waals surface area contributed by atoms with Crippen LogP contribution in [-0.2, 0) is 24.4 Å². The topological polar surface area (TPSA) is 170 Å². The van der Waals surface area contributed by atoms with Crippen LogP contribution in [0.15, 0.2) is 36.5 Å². The molecule has 4 aliphatic rings. The highest BCUT2D eigenvalue weighted by atomic mass is 32.2. The molecule has 6 unspecified atom stereocenters. The van der Waals surface area contributed by atoms with E-state index in [2.05, 4.69) is 15.0 Å². The Hall–Kier alpha value is -3.78. The normalized spacial score (nSPS) is 30.0. The zero-order valence-electron chi connectivity index (χ0n) is 26.6. The van der Waals surface area contributed by atoms with Crippen molar-refractivity contribution in [2.75, 3.05) is 13.7 Å². The number of benzene rings is 1. The van der Waals surface area contributed by atoms with Crippen molar-refractivity contribution >= 4 is 38.5 Å². The molecule has 3 heterocycles. The Balaban J connectivity index is 1.31. The largest absolute Gasteiger partial charge is 0.494 e. The monoisotopic (exact) mass is 671 g/mol. The fraction of sp³-hybridized carbons (Fsp3) is 0.576. The first-order valence-corrected chi connectivity index (χ1v) is 17.9. The van der Waals surface area contributed by atoms with Crippen molar-refractivity contribution in [2.24, 2.45) is 17.6 Å². The average molecular weight is 672 g/mol. The Bertz CT molecular complexity index is 1700. The fourth-order valence-corrected chi connectivity index (χ4v) is 8.24. The summed E-state index contributed by atoms with van der Waals surface area (Å²) in [7, 11) is -2.38. The number of pyridine rings is 1. The second-order valence-corrected chi connectivity index (χ2v) is 15.1. The molecule has 0 bridgehead atoms. The molecule has 14 heteroatoms. The van der Waals surface area contributed by atoms with E-state index in [4.69, 9.17) is 15.2 Å². The van der Waals surface area contributed by atoms with Gasteiger partial charge in [-0.05, 0) is 62.6 Å². The molecule has 4 N–H and O–H groups in total. The number of amides is 3. The number of nitrogens with two attached hydrogens (primary N) is 1. The number of fused-ring (bicyclic) bond motifs is 3. The molecule has 1 aromatic carbocycles. The number of allylic oxidation sites excluding steroid dienone is 1. The Morgan fingerprint density at radius 1 is 1.21 bits per heavy atom. The summed E-state index contributed by atoms with van der Waals surface area (Å²) >= 11 is 0. The van der Waals surface area contributed by atoms with Crippen LogP contribution >= 0.6 is 0 Å². The number of nitrogens with one attached hydrogen (secondary N) is 2. The van der Waals surface area contributed by atoms with Crippen molar-refractivity contribution in [1.82, 2.24) is 19.9 Å². The van der Waals surface area contributed by atoms with Crippen LogP contribution in [0.4, 0.5) is 4.39 Å². The molecule has 47 heavy (non-hydrogen) atoms. The lowest BCUT2D eigenvalue weighted by Crippen LogP contribution is -2.58. The van der Waals surface area contributed by atoms with Gasteiger partial charge < -0.3 is 25.4 Å². The zero-order chi connectivity index (χ0) is 33.5. The van der Waals surface area contributed by atoms with Gasteiger partial charge in [-0.25, -0.2) is 17.8 Å². The molecule has 1 aromatic heterocycles. The molecule has 0 radical (unpaired) electrons. The SMILES string of the molecule is CCC1CCCCC=CC2CC2(C(=O)NS(=O)(=O)C2CC2)NC(=O)C2CC(Oc3ncc(OC)c4ccc(F)cc34)CN2C(=O)C1N. The van der Waals surface area contributed by atoms with E-state index in [9.17, 15) is 27.2 Å². The first-order valence-electron chi connectivity index (χ1n) is 16.4. The molecule has 254 valence electrons. The Labute approximate surface area is 273 Å². The first kappa shape index (κ1) is 33.1. The molecule has 6 atom stereocenters. The van der Waals surface area contributed by atoms with Crippen molar-refractivity contribution in [2.45, 2.75) is 93.7 Å². The molecule has 12 nitrogen and oxygen atoms in total. The number of carbonyl (C=O) groups excluding carboxylic acids is 3. The third-order valence-electron chi connectivity index (χ3n) is 9.97. The molecule has 2 aliphatic carbocycles. The van der Waals surface area contributed by atoms with Gasteiger partial charge in [0.05, 0.1) is 36.5 Å². The van der Waals surface area contributed by atoms with Crippen LogP contribution in [-0.4, -0.2) is 78.7 Å². The number of rotatable bonds is 7. The van der Waals surface area contributed by atoms with Crippen LogP contribution in [0, 0.1) is 17.7 Å². The molecule has 1 saturated heterocycles. The lowest BCUT2D eigenvalue weighted by atomic mass is 9.90. The van der Waals surface area contributed by atoms with Gasteiger partial charge in [-0.1, -0.05) is 31.9 Å². The standard InChI is InChI=1S/C33H42FN5O7S/c1-3-19-8-6-4-5-7-9-20-16-33(20,32(42)38-47(43,44)23-11-12-23)37-29(40)26-15-22(18-39(26)31(41)28(19)35)46-30-25-14-21(34)10-13-24(25)27(45-2)17-36-30/h7,9-10,13-14,17,19-20,22-23,26,28H,3-6,8,11-12,15-16,18,35H2,1-2H3,(H,37,40)(H,38,42). The van der Waals surface area contributed by atoms with E-state index in [1.54, 1.807) is 6.07 Å².